The first-order valence-electron chi connectivity index (χ1n) is 14.4. The number of unbranched alkanes of at least 4 members (excludes halogenated alkanes) is 1. The monoisotopic (exact) mass is 677 g/mol. The van der Waals surface area contributed by atoms with Crippen molar-refractivity contribution in [2.45, 2.75) is 44.2 Å². The number of ether oxygens (including phenoxy) is 1. The van der Waals surface area contributed by atoms with Crippen LogP contribution in [-0.2, 0) is 26.2 Å². The second-order valence-corrected chi connectivity index (χ2v) is 13.0. The van der Waals surface area contributed by atoms with Crippen LogP contribution in [0, 0.1) is 0 Å². The summed E-state index contributed by atoms with van der Waals surface area (Å²) < 4.78 is 35.8. The molecular weight excluding hydrogens is 642 g/mol. The largest absolute Gasteiger partial charge is 0.457 e. The number of nitrogens with zero attached hydrogens (tertiary/aromatic N) is 2. The van der Waals surface area contributed by atoms with Gasteiger partial charge in [0.05, 0.1) is 10.6 Å². The van der Waals surface area contributed by atoms with E-state index in [-0.39, 0.29) is 23.0 Å². The SMILES string of the molecule is CCCCNC(=O)[C@H](C)N(Cc1ccc(Br)cc1)C(=O)CN(c1ccc(Oc2ccccc2)cc1)S(=O)(=O)c1ccccc1. The van der Waals surface area contributed by atoms with Crippen LogP contribution in [0.5, 0.6) is 11.5 Å². The average Bonchev–Trinajstić information content (AvgIpc) is 3.04. The molecule has 230 valence electrons. The number of nitrogens with one attached hydrogen (secondary N) is 1. The highest BCUT2D eigenvalue weighted by molar-refractivity contribution is 9.10. The Morgan fingerprint density at radius 3 is 2.05 bits per heavy atom. The number of halogens is 1. The normalized spacial score (nSPS) is 11.8. The number of hydrogen-bond donors (Lipinski definition) is 1. The van der Waals surface area contributed by atoms with Crippen molar-refractivity contribution >= 4 is 43.5 Å². The predicted octanol–water partition coefficient (Wildman–Crippen LogP) is 6.77. The topological polar surface area (TPSA) is 96.0 Å². The van der Waals surface area contributed by atoms with E-state index in [0.29, 0.717) is 18.0 Å². The fourth-order valence-corrected chi connectivity index (χ4v) is 6.16. The van der Waals surface area contributed by atoms with Crippen molar-refractivity contribution in [3.63, 3.8) is 0 Å². The van der Waals surface area contributed by atoms with Crippen molar-refractivity contribution < 1.29 is 22.7 Å². The van der Waals surface area contributed by atoms with Crippen LogP contribution in [0.1, 0.15) is 32.3 Å². The fraction of sp³-hybridized carbons (Fsp3) is 0.235. The van der Waals surface area contributed by atoms with Crippen LogP contribution in [0.25, 0.3) is 0 Å². The molecule has 8 nitrogen and oxygen atoms in total. The van der Waals surface area contributed by atoms with Crippen molar-refractivity contribution in [3.05, 3.63) is 119 Å². The summed E-state index contributed by atoms with van der Waals surface area (Å²) in [6.07, 6.45) is 1.73. The van der Waals surface area contributed by atoms with Crippen LogP contribution in [0.2, 0.25) is 0 Å². The van der Waals surface area contributed by atoms with Gasteiger partial charge in [0.25, 0.3) is 10.0 Å². The van der Waals surface area contributed by atoms with Crippen LogP contribution < -0.4 is 14.4 Å². The summed E-state index contributed by atoms with van der Waals surface area (Å²) >= 11 is 3.43. The average molecular weight is 679 g/mol. The maximum atomic E-state index is 14.1. The van der Waals surface area contributed by atoms with E-state index in [2.05, 4.69) is 21.2 Å². The Hall–Kier alpha value is -4.15. The first-order valence-corrected chi connectivity index (χ1v) is 16.6. The number of hydrogen-bond acceptors (Lipinski definition) is 5. The smallest absolute Gasteiger partial charge is 0.264 e. The second-order valence-electron chi connectivity index (χ2n) is 10.2. The molecule has 10 heteroatoms. The van der Waals surface area contributed by atoms with Gasteiger partial charge in [-0.2, -0.15) is 0 Å². The van der Waals surface area contributed by atoms with E-state index in [1.54, 1.807) is 49.4 Å². The number of rotatable bonds is 14. The van der Waals surface area contributed by atoms with Gasteiger partial charge in [-0.25, -0.2) is 8.42 Å². The molecule has 0 saturated carbocycles. The molecule has 0 aromatic heterocycles. The first kappa shape index (κ1) is 32.8. The van der Waals surface area contributed by atoms with Gasteiger partial charge < -0.3 is 15.0 Å². The summed E-state index contributed by atoms with van der Waals surface area (Å²) in [5.41, 5.74) is 1.08. The van der Waals surface area contributed by atoms with Crippen molar-refractivity contribution in [1.29, 1.82) is 0 Å². The maximum Gasteiger partial charge on any atom is 0.264 e. The Kier molecular flexibility index (Phi) is 11.6. The van der Waals surface area contributed by atoms with Gasteiger partial charge in [-0.05, 0) is 79.6 Å². The van der Waals surface area contributed by atoms with Gasteiger partial charge in [-0.3, -0.25) is 13.9 Å². The zero-order valence-electron chi connectivity index (χ0n) is 24.7. The Bertz CT molecular complexity index is 1620. The molecule has 0 spiro atoms. The number of amides is 2. The number of carbonyl (C=O) groups excluding carboxylic acids is 2. The van der Waals surface area contributed by atoms with Gasteiger partial charge in [-0.1, -0.05) is 77.8 Å². The molecule has 0 heterocycles. The molecule has 0 aliphatic carbocycles. The van der Waals surface area contributed by atoms with Gasteiger partial charge in [0.15, 0.2) is 0 Å². The Balaban J connectivity index is 1.66. The van der Waals surface area contributed by atoms with Crippen LogP contribution in [0.15, 0.2) is 119 Å². The molecule has 0 unspecified atom stereocenters. The lowest BCUT2D eigenvalue weighted by atomic mass is 10.1. The summed E-state index contributed by atoms with van der Waals surface area (Å²) in [6.45, 7) is 3.79. The van der Waals surface area contributed by atoms with E-state index in [1.807, 2.05) is 61.5 Å². The number of para-hydroxylation sites is 1. The molecule has 0 saturated heterocycles. The molecular formula is C34H36BrN3O5S. The lowest BCUT2D eigenvalue weighted by molar-refractivity contribution is -0.139. The summed E-state index contributed by atoms with van der Waals surface area (Å²) in [6, 6.07) is 30.3. The molecule has 0 fully saturated rings. The minimum Gasteiger partial charge on any atom is -0.457 e. The zero-order chi connectivity index (χ0) is 31.5. The van der Waals surface area contributed by atoms with E-state index >= 15 is 0 Å². The first-order chi connectivity index (χ1) is 21.2. The van der Waals surface area contributed by atoms with Crippen molar-refractivity contribution in [2.24, 2.45) is 0 Å². The minimum atomic E-state index is -4.16. The van der Waals surface area contributed by atoms with Gasteiger partial charge in [0, 0.05) is 17.6 Å². The second kappa shape index (κ2) is 15.5. The Morgan fingerprint density at radius 2 is 1.43 bits per heavy atom. The fourth-order valence-electron chi connectivity index (χ4n) is 4.46. The molecule has 0 aliphatic rings. The standard InChI is InChI=1S/C34H36BrN3O5S/c1-3-4-23-36-34(40)26(2)37(24-27-15-17-28(35)18-16-27)33(39)25-38(44(41,42)32-13-9-6-10-14-32)29-19-21-31(22-20-29)43-30-11-7-5-8-12-30/h5-22,26H,3-4,23-25H2,1-2H3,(H,36,40)/t26-/m0/s1. The van der Waals surface area contributed by atoms with Gasteiger partial charge >= 0.3 is 0 Å². The molecule has 1 atom stereocenters. The number of benzene rings is 4. The summed E-state index contributed by atoms with van der Waals surface area (Å²) in [4.78, 5) is 28.6. The summed E-state index contributed by atoms with van der Waals surface area (Å²) in [5.74, 6) is 0.329. The molecule has 0 radical (unpaired) electrons. The van der Waals surface area contributed by atoms with Crippen LogP contribution in [-0.4, -0.2) is 44.3 Å². The van der Waals surface area contributed by atoms with Crippen molar-refractivity contribution in [1.82, 2.24) is 10.2 Å². The molecule has 4 aromatic carbocycles. The van der Waals surface area contributed by atoms with E-state index in [1.165, 1.54) is 17.0 Å². The van der Waals surface area contributed by atoms with E-state index in [9.17, 15) is 18.0 Å². The molecule has 1 N–H and O–H groups in total. The van der Waals surface area contributed by atoms with Gasteiger partial charge in [0.2, 0.25) is 11.8 Å². The zero-order valence-corrected chi connectivity index (χ0v) is 27.1. The lowest BCUT2D eigenvalue weighted by Crippen LogP contribution is -2.51. The molecule has 0 aliphatic heterocycles. The molecule has 2 amide bonds. The molecule has 0 bridgehead atoms. The van der Waals surface area contributed by atoms with Gasteiger partial charge in [0.1, 0.15) is 24.1 Å². The van der Waals surface area contributed by atoms with Crippen molar-refractivity contribution in [2.75, 3.05) is 17.4 Å². The number of carbonyl (C=O) groups is 2. The molecule has 44 heavy (non-hydrogen) atoms. The van der Waals surface area contributed by atoms with E-state index in [4.69, 9.17) is 4.74 Å². The Morgan fingerprint density at radius 1 is 0.841 bits per heavy atom. The van der Waals surface area contributed by atoms with Crippen LogP contribution >= 0.6 is 15.9 Å². The lowest BCUT2D eigenvalue weighted by Gasteiger charge is -2.32. The predicted molar refractivity (Wildman–Crippen MR) is 176 cm³/mol. The van der Waals surface area contributed by atoms with E-state index < -0.39 is 28.5 Å². The summed E-state index contributed by atoms with van der Waals surface area (Å²) in [7, 11) is -4.16. The third-order valence-electron chi connectivity index (χ3n) is 6.98. The van der Waals surface area contributed by atoms with Gasteiger partial charge in [-0.15, -0.1) is 0 Å². The summed E-state index contributed by atoms with van der Waals surface area (Å²) in [5, 5.41) is 2.89. The molecule has 4 rings (SSSR count). The van der Waals surface area contributed by atoms with E-state index in [0.717, 1.165) is 27.2 Å². The molecule has 4 aromatic rings. The highest BCUT2D eigenvalue weighted by atomic mass is 79.9. The van der Waals surface area contributed by atoms with Crippen LogP contribution in [0.4, 0.5) is 5.69 Å². The Labute approximate surface area is 267 Å². The third kappa shape index (κ3) is 8.70. The number of anilines is 1. The highest BCUT2D eigenvalue weighted by Gasteiger charge is 2.32. The highest BCUT2D eigenvalue weighted by Crippen LogP contribution is 2.28. The van der Waals surface area contributed by atoms with Crippen molar-refractivity contribution in [3.8, 4) is 11.5 Å². The maximum absolute atomic E-state index is 14.1. The number of sulfonamides is 1. The van der Waals surface area contributed by atoms with Crippen LogP contribution in [0.3, 0.4) is 0 Å². The minimum absolute atomic E-state index is 0.0437. The quantitative estimate of drug-likeness (QED) is 0.149. The third-order valence-corrected chi connectivity index (χ3v) is 9.29.